The molecule has 2 rings (SSSR count). The summed E-state index contributed by atoms with van der Waals surface area (Å²) in [5.41, 5.74) is 1.81. The first kappa shape index (κ1) is 9.02. The fourth-order valence-electron chi connectivity index (χ4n) is 1.22. The number of carbonyl (C=O) groups is 1. The Kier molecular flexibility index (Phi) is 2.13. The summed E-state index contributed by atoms with van der Waals surface area (Å²) >= 11 is 5.89. The molecule has 0 spiro atoms. The van der Waals surface area contributed by atoms with Crippen molar-refractivity contribution < 1.29 is 9.53 Å². The van der Waals surface area contributed by atoms with E-state index >= 15 is 0 Å². The maximum atomic E-state index is 11.3. The Morgan fingerprint density at radius 1 is 1.57 bits per heavy atom. The molecule has 0 bridgehead atoms. The van der Waals surface area contributed by atoms with Crippen molar-refractivity contribution in [2.75, 3.05) is 7.11 Å². The molecule has 0 aliphatic rings. The molecule has 0 aliphatic heterocycles. The van der Waals surface area contributed by atoms with Gasteiger partial charge in [0.1, 0.15) is 0 Å². The molecule has 0 fully saturated rings. The Bertz CT molecular complexity index is 493. The summed E-state index contributed by atoms with van der Waals surface area (Å²) in [5.74, 6) is -0.458. The van der Waals surface area contributed by atoms with Crippen molar-refractivity contribution in [3.8, 4) is 0 Å². The van der Waals surface area contributed by atoms with E-state index in [9.17, 15) is 4.79 Å². The third kappa shape index (κ3) is 1.33. The molecule has 1 heterocycles. The highest BCUT2D eigenvalue weighted by molar-refractivity contribution is 6.34. The number of fused-ring (bicyclic) bond motifs is 1. The lowest BCUT2D eigenvalue weighted by Crippen LogP contribution is -2.01. The van der Waals surface area contributed by atoms with Crippen LogP contribution in [-0.4, -0.2) is 23.0 Å². The van der Waals surface area contributed by atoms with Gasteiger partial charge in [0.15, 0.2) is 0 Å². The molecule has 1 N–H and O–H groups in total. The normalized spacial score (nSPS) is 10.4. The van der Waals surface area contributed by atoms with E-state index in [1.165, 1.54) is 7.11 Å². The first-order chi connectivity index (χ1) is 6.72. The Balaban J connectivity index is 2.64. The quantitative estimate of drug-likeness (QED) is 0.733. The van der Waals surface area contributed by atoms with Crippen LogP contribution in [0.1, 0.15) is 10.4 Å². The molecule has 0 aliphatic carbocycles. The number of carbonyl (C=O) groups excluding carboxylic acids is 1. The highest BCUT2D eigenvalue weighted by atomic mass is 35.5. The number of aromatic nitrogens is 2. The van der Waals surface area contributed by atoms with E-state index in [-0.39, 0.29) is 0 Å². The Morgan fingerprint density at radius 3 is 3.07 bits per heavy atom. The van der Waals surface area contributed by atoms with Crippen LogP contribution in [0.25, 0.3) is 11.0 Å². The van der Waals surface area contributed by atoms with Crippen molar-refractivity contribution >= 4 is 28.6 Å². The zero-order chi connectivity index (χ0) is 10.1. The van der Waals surface area contributed by atoms with Gasteiger partial charge >= 0.3 is 5.97 Å². The van der Waals surface area contributed by atoms with Crippen LogP contribution in [0.2, 0.25) is 5.02 Å². The second-order valence-electron chi connectivity index (χ2n) is 2.74. The standard InChI is InChI=1S/C9H7ClN2O2/c1-14-9(13)5-2-7-8(3-6(5)10)12-4-11-7/h2-4H,1H3,(H,11,12). The summed E-state index contributed by atoms with van der Waals surface area (Å²) in [6.45, 7) is 0. The van der Waals surface area contributed by atoms with Crippen LogP contribution in [0.5, 0.6) is 0 Å². The average molecular weight is 211 g/mol. The zero-order valence-corrected chi connectivity index (χ0v) is 8.13. The molecule has 4 nitrogen and oxygen atoms in total. The number of benzene rings is 1. The molecule has 0 saturated heterocycles. The molecule has 1 aromatic heterocycles. The second kappa shape index (κ2) is 3.31. The summed E-state index contributed by atoms with van der Waals surface area (Å²) in [5, 5.41) is 0.355. The number of esters is 1. The lowest BCUT2D eigenvalue weighted by molar-refractivity contribution is 0.0601. The van der Waals surface area contributed by atoms with Crippen LogP contribution < -0.4 is 0 Å². The Morgan fingerprint density at radius 2 is 2.36 bits per heavy atom. The number of H-pyrrole nitrogens is 1. The number of aromatic amines is 1. The average Bonchev–Trinajstić information content (AvgIpc) is 2.62. The number of hydrogen-bond donors (Lipinski definition) is 1. The van der Waals surface area contributed by atoms with E-state index < -0.39 is 5.97 Å². The van der Waals surface area contributed by atoms with Crippen LogP contribution >= 0.6 is 11.6 Å². The molecule has 0 radical (unpaired) electrons. The van der Waals surface area contributed by atoms with E-state index in [4.69, 9.17) is 11.6 Å². The minimum absolute atomic E-state index is 0.328. The maximum Gasteiger partial charge on any atom is 0.339 e. The van der Waals surface area contributed by atoms with E-state index in [1.807, 2.05) is 0 Å². The predicted octanol–water partition coefficient (Wildman–Crippen LogP) is 2.00. The van der Waals surface area contributed by atoms with E-state index in [2.05, 4.69) is 14.7 Å². The number of methoxy groups -OCH3 is 1. The fraction of sp³-hybridized carbons (Fsp3) is 0.111. The van der Waals surface area contributed by atoms with Gasteiger partial charge in [-0.3, -0.25) is 0 Å². The predicted molar refractivity (Wildman–Crippen MR) is 52.4 cm³/mol. The highest BCUT2D eigenvalue weighted by Gasteiger charge is 2.12. The van der Waals surface area contributed by atoms with Gasteiger partial charge in [-0.25, -0.2) is 9.78 Å². The summed E-state index contributed by atoms with van der Waals surface area (Å²) in [6, 6.07) is 3.25. The van der Waals surface area contributed by atoms with Crippen LogP contribution in [0.4, 0.5) is 0 Å². The van der Waals surface area contributed by atoms with Crippen molar-refractivity contribution in [3.63, 3.8) is 0 Å². The van der Waals surface area contributed by atoms with Gasteiger partial charge in [0, 0.05) is 0 Å². The Hall–Kier alpha value is -1.55. The summed E-state index contributed by atoms with van der Waals surface area (Å²) < 4.78 is 4.58. The second-order valence-corrected chi connectivity index (χ2v) is 3.15. The van der Waals surface area contributed by atoms with Gasteiger partial charge < -0.3 is 9.72 Å². The number of imidazole rings is 1. The number of nitrogens with one attached hydrogen (secondary N) is 1. The van der Waals surface area contributed by atoms with Crippen molar-refractivity contribution in [1.29, 1.82) is 0 Å². The van der Waals surface area contributed by atoms with Gasteiger partial charge in [-0.1, -0.05) is 11.6 Å². The van der Waals surface area contributed by atoms with E-state index in [0.717, 1.165) is 5.52 Å². The molecule has 0 atom stereocenters. The monoisotopic (exact) mass is 210 g/mol. The minimum atomic E-state index is -0.458. The fourth-order valence-corrected chi connectivity index (χ4v) is 1.46. The zero-order valence-electron chi connectivity index (χ0n) is 7.37. The molecule has 5 heteroatoms. The molecule has 72 valence electrons. The van der Waals surface area contributed by atoms with Crippen LogP contribution in [0, 0.1) is 0 Å². The smallest absolute Gasteiger partial charge is 0.339 e. The van der Waals surface area contributed by atoms with E-state index in [1.54, 1.807) is 18.5 Å². The molecule has 2 aromatic rings. The number of halogens is 1. The summed E-state index contributed by atoms with van der Waals surface area (Å²) in [4.78, 5) is 18.2. The van der Waals surface area contributed by atoms with Crippen LogP contribution in [0.15, 0.2) is 18.5 Å². The lowest BCUT2D eigenvalue weighted by atomic mass is 10.2. The van der Waals surface area contributed by atoms with Crippen LogP contribution in [-0.2, 0) is 4.74 Å². The van der Waals surface area contributed by atoms with Crippen molar-refractivity contribution in [3.05, 3.63) is 29.0 Å². The van der Waals surface area contributed by atoms with Crippen LogP contribution in [0.3, 0.4) is 0 Å². The molecular weight excluding hydrogens is 204 g/mol. The minimum Gasteiger partial charge on any atom is -0.465 e. The first-order valence-corrected chi connectivity index (χ1v) is 4.31. The number of rotatable bonds is 1. The third-order valence-corrected chi connectivity index (χ3v) is 2.23. The maximum absolute atomic E-state index is 11.3. The highest BCUT2D eigenvalue weighted by Crippen LogP contribution is 2.22. The molecular formula is C9H7ClN2O2. The van der Waals surface area contributed by atoms with Gasteiger partial charge in [0.05, 0.1) is 35.1 Å². The SMILES string of the molecule is COC(=O)c1cc2nc[nH]c2cc1Cl. The van der Waals surface area contributed by atoms with Crippen molar-refractivity contribution in [2.45, 2.75) is 0 Å². The molecule has 0 unspecified atom stereocenters. The van der Waals surface area contributed by atoms with Gasteiger partial charge in [0.2, 0.25) is 0 Å². The number of nitrogens with zero attached hydrogens (tertiary/aromatic N) is 1. The largest absolute Gasteiger partial charge is 0.465 e. The molecule has 0 amide bonds. The molecule has 14 heavy (non-hydrogen) atoms. The number of ether oxygens (including phenoxy) is 1. The molecule has 0 saturated carbocycles. The number of hydrogen-bond acceptors (Lipinski definition) is 3. The van der Waals surface area contributed by atoms with Gasteiger partial charge in [-0.05, 0) is 12.1 Å². The van der Waals surface area contributed by atoms with Crippen molar-refractivity contribution in [2.24, 2.45) is 0 Å². The van der Waals surface area contributed by atoms with E-state index in [0.29, 0.717) is 16.1 Å². The topological polar surface area (TPSA) is 55.0 Å². The Labute approximate surface area is 84.9 Å². The molecule has 1 aromatic carbocycles. The van der Waals surface area contributed by atoms with Crippen molar-refractivity contribution in [1.82, 2.24) is 9.97 Å². The van der Waals surface area contributed by atoms with Gasteiger partial charge in [-0.2, -0.15) is 0 Å². The van der Waals surface area contributed by atoms with Gasteiger partial charge in [0.25, 0.3) is 0 Å². The first-order valence-electron chi connectivity index (χ1n) is 3.93. The lowest BCUT2D eigenvalue weighted by Gasteiger charge is -2.01. The summed E-state index contributed by atoms with van der Waals surface area (Å²) in [6.07, 6.45) is 1.54. The third-order valence-electron chi connectivity index (χ3n) is 1.91. The summed E-state index contributed by atoms with van der Waals surface area (Å²) in [7, 11) is 1.31. The van der Waals surface area contributed by atoms with Gasteiger partial charge in [-0.15, -0.1) is 0 Å².